The van der Waals surface area contributed by atoms with Gasteiger partial charge < -0.3 is 15.0 Å². The Morgan fingerprint density at radius 2 is 1.80 bits per heavy atom. The maximum Gasteiger partial charge on any atom is 0.265 e. The molecule has 0 atom stereocenters. The van der Waals surface area contributed by atoms with E-state index in [0.29, 0.717) is 27.7 Å². The van der Waals surface area contributed by atoms with Crippen LogP contribution in [0.1, 0.15) is 15.9 Å². The van der Waals surface area contributed by atoms with Crippen LogP contribution in [-0.2, 0) is 11.3 Å². The van der Waals surface area contributed by atoms with Crippen molar-refractivity contribution in [2.24, 2.45) is 0 Å². The molecule has 4 rings (SSSR count). The number of anilines is 2. The number of halogens is 3. The lowest BCUT2D eigenvalue weighted by Gasteiger charge is -2.30. The lowest BCUT2D eigenvalue weighted by atomic mass is 10.1. The van der Waals surface area contributed by atoms with E-state index in [1.807, 2.05) is 0 Å². The van der Waals surface area contributed by atoms with E-state index >= 15 is 0 Å². The topological polar surface area (TPSA) is 58.6 Å². The van der Waals surface area contributed by atoms with Crippen molar-refractivity contribution in [1.82, 2.24) is 0 Å². The molecule has 0 radical (unpaired) electrons. The predicted molar refractivity (Wildman–Crippen MR) is 114 cm³/mol. The normalized spacial score (nSPS) is 12.9. The molecule has 3 aromatic rings. The molecule has 3 aromatic carbocycles. The zero-order chi connectivity index (χ0) is 21.3. The molecule has 0 fully saturated rings. The van der Waals surface area contributed by atoms with E-state index in [9.17, 15) is 14.0 Å². The van der Waals surface area contributed by atoms with Crippen LogP contribution in [0.3, 0.4) is 0 Å². The lowest BCUT2D eigenvalue weighted by molar-refractivity contribution is -0.121. The fraction of sp³-hybridized carbons (Fsp3) is 0.0909. The third-order valence-corrected chi connectivity index (χ3v) is 5.33. The number of nitrogens with one attached hydrogen (secondary N) is 1. The van der Waals surface area contributed by atoms with Gasteiger partial charge in [-0.15, -0.1) is 0 Å². The van der Waals surface area contributed by atoms with Crippen LogP contribution in [0.15, 0.2) is 60.7 Å². The average Bonchev–Trinajstić information content (AvgIpc) is 2.73. The highest BCUT2D eigenvalue weighted by atomic mass is 35.5. The SMILES string of the molecule is O=C(Nc1ccc2c(c1)N(Cc1ccc(F)cc1)C(=O)CO2)c1ccc(Cl)c(Cl)c1. The van der Waals surface area contributed by atoms with Gasteiger partial charge in [0.25, 0.3) is 11.8 Å². The van der Waals surface area contributed by atoms with E-state index in [2.05, 4.69) is 5.32 Å². The van der Waals surface area contributed by atoms with Gasteiger partial charge in [-0.3, -0.25) is 9.59 Å². The summed E-state index contributed by atoms with van der Waals surface area (Å²) in [4.78, 5) is 26.6. The molecule has 0 saturated carbocycles. The fourth-order valence-electron chi connectivity index (χ4n) is 3.07. The van der Waals surface area contributed by atoms with Crippen molar-refractivity contribution < 1.29 is 18.7 Å². The number of carbonyl (C=O) groups is 2. The van der Waals surface area contributed by atoms with Crippen LogP contribution in [0.2, 0.25) is 10.0 Å². The number of benzene rings is 3. The highest BCUT2D eigenvalue weighted by Gasteiger charge is 2.26. The van der Waals surface area contributed by atoms with Crippen LogP contribution in [0.4, 0.5) is 15.8 Å². The minimum absolute atomic E-state index is 0.0941. The van der Waals surface area contributed by atoms with Gasteiger partial charge in [0, 0.05) is 11.3 Å². The molecular formula is C22H15Cl2FN2O3. The number of nitrogens with zero attached hydrogens (tertiary/aromatic N) is 1. The maximum atomic E-state index is 13.2. The second-order valence-electron chi connectivity index (χ2n) is 6.66. The zero-order valence-corrected chi connectivity index (χ0v) is 17.0. The van der Waals surface area contributed by atoms with E-state index < -0.39 is 0 Å². The first-order chi connectivity index (χ1) is 14.4. The molecule has 0 aliphatic carbocycles. The number of fused-ring (bicyclic) bond motifs is 1. The fourth-order valence-corrected chi connectivity index (χ4v) is 3.36. The maximum absolute atomic E-state index is 13.2. The van der Waals surface area contributed by atoms with Gasteiger partial charge in [-0.25, -0.2) is 4.39 Å². The highest BCUT2D eigenvalue weighted by Crippen LogP contribution is 2.35. The van der Waals surface area contributed by atoms with Crippen molar-refractivity contribution in [2.75, 3.05) is 16.8 Å². The van der Waals surface area contributed by atoms with Gasteiger partial charge in [-0.1, -0.05) is 35.3 Å². The van der Waals surface area contributed by atoms with Gasteiger partial charge in [0.1, 0.15) is 11.6 Å². The van der Waals surface area contributed by atoms with E-state index in [0.717, 1.165) is 5.56 Å². The number of amides is 2. The summed E-state index contributed by atoms with van der Waals surface area (Å²) in [6, 6.07) is 15.5. The van der Waals surface area contributed by atoms with Gasteiger partial charge in [-0.05, 0) is 54.1 Å². The van der Waals surface area contributed by atoms with Crippen LogP contribution in [0.25, 0.3) is 0 Å². The summed E-state index contributed by atoms with van der Waals surface area (Å²) in [5.41, 5.74) is 2.11. The molecule has 0 saturated heterocycles. The molecule has 30 heavy (non-hydrogen) atoms. The Kier molecular flexibility index (Phi) is 5.61. The average molecular weight is 445 g/mol. The van der Waals surface area contributed by atoms with Crippen LogP contribution in [0, 0.1) is 5.82 Å². The van der Waals surface area contributed by atoms with Crippen LogP contribution in [-0.4, -0.2) is 18.4 Å². The summed E-state index contributed by atoms with van der Waals surface area (Å²) in [6.07, 6.45) is 0. The molecular weight excluding hydrogens is 430 g/mol. The van der Waals surface area contributed by atoms with Gasteiger partial charge in [0.05, 0.1) is 22.3 Å². The van der Waals surface area contributed by atoms with Crippen LogP contribution < -0.4 is 15.0 Å². The van der Waals surface area contributed by atoms with E-state index in [4.69, 9.17) is 27.9 Å². The largest absolute Gasteiger partial charge is 0.482 e. The zero-order valence-electron chi connectivity index (χ0n) is 15.5. The standard InChI is InChI=1S/C22H15Cl2FN2O3/c23-17-7-3-14(9-18(17)24)22(29)26-16-6-8-20-19(10-16)27(21(28)12-30-20)11-13-1-4-15(25)5-2-13/h1-10H,11-12H2,(H,26,29). The quantitative estimate of drug-likeness (QED) is 0.592. The highest BCUT2D eigenvalue weighted by molar-refractivity contribution is 6.42. The van der Waals surface area contributed by atoms with Crippen LogP contribution >= 0.6 is 23.2 Å². The summed E-state index contributed by atoms with van der Waals surface area (Å²) < 4.78 is 18.7. The first-order valence-corrected chi connectivity index (χ1v) is 9.74. The summed E-state index contributed by atoms with van der Waals surface area (Å²) >= 11 is 11.9. The Labute approximate surface area is 182 Å². The number of hydrogen-bond acceptors (Lipinski definition) is 3. The first kappa shape index (κ1) is 20.2. The van der Waals surface area contributed by atoms with E-state index in [1.165, 1.54) is 18.2 Å². The van der Waals surface area contributed by atoms with Gasteiger partial charge >= 0.3 is 0 Å². The van der Waals surface area contributed by atoms with Gasteiger partial charge in [0.2, 0.25) is 0 Å². The van der Waals surface area contributed by atoms with Crippen molar-refractivity contribution >= 4 is 46.4 Å². The van der Waals surface area contributed by atoms with E-state index in [-0.39, 0.29) is 35.8 Å². The van der Waals surface area contributed by atoms with Crippen LogP contribution in [0.5, 0.6) is 5.75 Å². The van der Waals surface area contributed by atoms with Gasteiger partial charge in [-0.2, -0.15) is 0 Å². The van der Waals surface area contributed by atoms with Crippen molar-refractivity contribution in [2.45, 2.75) is 6.54 Å². The third kappa shape index (κ3) is 4.25. The van der Waals surface area contributed by atoms with Gasteiger partial charge in [0.15, 0.2) is 6.61 Å². The molecule has 2 amide bonds. The Morgan fingerprint density at radius 3 is 2.53 bits per heavy atom. The first-order valence-electron chi connectivity index (χ1n) is 8.99. The molecule has 5 nitrogen and oxygen atoms in total. The molecule has 0 aromatic heterocycles. The molecule has 1 aliphatic rings. The Hall–Kier alpha value is -3.09. The van der Waals surface area contributed by atoms with Crippen molar-refractivity contribution in [3.05, 3.63) is 87.7 Å². The molecule has 152 valence electrons. The Morgan fingerprint density at radius 1 is 1.03 bits per heavy atom. The summed E-state index contributed by atoms with van der Waals surface area (Å²) in [7, 11) is 0. The summed E-state index contributed by atoms with van der Waals surface area (Å²) in [6.45, 7) is 0.156. The molecule has 8 heteroatoms. The van der Waals surface area contributed by atoms with Crippen molar-refractivity contribution in [3.63, 3.8) is 0 Å². The van der Waals surface area contributed by atoms with Crippen molar-refractivity contribution in [3.8, 4) is 5.75 Å². The third-order valence-electron chi connectivity index (χ3n) is 4.60. The summed E-state index contributed by atoms with van der Waals surface area (Å²) in [5.74, 6) is -0.439. The molecule has 0 spiro atoms. The number of hydrogen-bond donors (Lipinski definition) is 1. The molecule has 0 bridgehead atoms. The molecule has 0 unspecified atom stereocenters. The molecule has 1 heterocycles. The number of carbonyl (C=O) groups excluding carboxylic acids is 2. The number of ether oxygens (including phenoxy) is 1. The second kappa shape index (κ2) is 8.34. The minimum atomic E-state index is -0.373. The molecule has 1 N–H and O–H groups in total. The van der Waals surface area contributed by atoms with E-state index in [1.54, 1.807) is 47.4 Å². The van der Waals surface area contributed by atoms with Crippen molar-refractivity contribution in [1.29, 1.82) is 0 Å². The summed E-state index contributed by atoms with van der Waals surface area (Å²) in [5, 5.41) is 3.41. The second-order valence-corrected chi connectivity index (χ2v) is 7.47. The predicted octanol–water partition coefficient (Wildman–Crippen LogP) is 5.31. The smallest absolute Gasteiger partial charge is 0.265 e. The molecule has 1 aliphatic heterocycles. The Balaban J connectivity index is 1.59. The lowest BCUT2D eigenvalue weighted by Crippen LogP contribution is -2.38. The minimum Gasteiger partial charge on any atom is -0.482 e. The number of rotatable bonds is 4. The monoisotopic (exact) mass is 444 g/mol. The Bertz CT molecular complexity index is 1140.